The van der Waals surface area contributed by atoms with Crippen LogP contribution in [0.5, 0.6) is 0 Å². The Labute approximate surface area is 157 Å². The van der Waals surface area contributed by atoms with Crippen LogP contribution in [0.4, 0.5) is 11.4 Å². The molecule has 1 N–H and O–H groups in total. The van der Waals surface area contributed by atoms with Gasteiger partial charge in [0.1, 0.15) is 0 Å². The van der Waals surface area contributed by atoms with E-state index in [0.717, 1.165) is 5.56 Å². The van der Waals surface area contributed by atoms with Crippen LogP contribution < -0.4 is 4.72 Å². The zero-order valence-corrected chi connectivity index (χ0v) is 15.7. The van der Waals surface area contributed by atoms with Crippen LogP contribution in [-0.2, 0) is 10.0 Å². The lowest BCUT2D eigenvalue weighted by Crippen LogP contribution is -2.14. The summed E-state index contributed by atoms with van der Waals surface area (Å²) < 4.78 is 27.8. The molecule has 0 saturated carbocycles. The van der Waals surface area contributed by atoms with Crippen molar-refractivity contribution in [1.29, 1.82) is 0 Å². The third-order valence-electron chi connectivity index (χ3n) is 4.17. The first kappa shape index (κ1) is 18.6. The molecule has 0 aliphatic carbocycles. The summed E-state index contributed by atoms with van der Waals surface area (Å²) in [6.45, 7) is 3.65. The number of benzene rings is 3. The summed E-state index contributed by atoms with van der Waals surface area (Å²) in [4.78, 5) is 11.0. The van der Waals surface area contributed by atoms with Gasteiger partial charge in [-0.2, -0.15) is 0 Å². The molecule has 0 heterocycles. The molecule has 0 bridgehead atoms. The van der Waals surface area contributed by atoms with Gasteiger partial charge in [-0.15, -0.1) is 0 Å². The summed E-state index contributed by atoms with van der Waals surface area (Å²) in [6.07, 6.45) is 0. The summed E-state index contributed by atoms with van der Waals surface area (Å²) in [5.41, 5.74) is 3.15. The first-order valence-electron chi connectivity index (χ1n) is 8.22. The molecular formula is C20H18N2O4S. The first-order valence-corrected chi connectivity index (χ1v) is 9.70. The van der Waals surface area contributed by atoms with Crippen molar-refractivity contribution in [3.63, 3.8) is 0 Å². The Morgan fingerprint density at radius 3 is 2.22 bits per heavy atom. The number of aryl methyl sites for hydroxylation is 2. The summed E-state index contributed by atoms with van der Waals surface area (Å²) in [7, 11) is -3.72. The summed E-state index contributed by atoms with van der Waals surface area (Å²) in [5.74, 6) is 0. The molecule has 27 heavy (non-hydrogen) atoms. The molecule has 0 atom stereocenters. The van der Waals surface area contributed by atoms with Crippen molar-refractivity contribution in [2.45, 2.75) is 18.7 Å². The highest BCUT2D eigenvalue weighted by Crippen LogP contribution is 2.30. The molecule has 138 valence electrons. The summed E-state index contributed by atoms with van der Waals surface area (Å²) >= 11 is 0. The Morgan fingerprint density at radius 2 is 1.59 bits per heavy atom. The monoisotopic (exact) mass is 382 g/mol. The first-order chi connectivity index (χ1) is 12.8. The van der Waals surface area contributed by atoms with E-state index in [2.05, 4.69) is 4.72 Å². The molecule has 0 spiro atoms. The van der Waals surface area contributed by atoms with E-state index in [9.17, 15) is 18.5 Å². The third kappa shape index (κ3) is 3.98. The fourth-order valence-corrected chi connectivity index (χ4v) is 4.19. The van der Waals surface area contributed by atoms with Gasteiger partial charge in [-0.25, -0.2) is 8.42 Å². The van der Waals surface area contributed by atoms with E-state index in [0.29, 0.717) is 22.4 Å². The van der Waals surface area contributed by atoms with Gasteiger partial charge in [-0.1, -0.05) is 42.0 Å². The number of nitrogens with zero attached hydrogens (tertiary/aromatic N) is 1. The van der Waals surface area contributed by atoms with Crippen LogP contribution in [0.3, 0.4) is 0 Å². The highest BCUT2D eigenvalue weighted by atomic mass is 32.2. The zero-order valence-electron chi connectivity index (χ0n) is 14.8. The van der Waals surface area contributed by atoms with Gasteiger partial charge >= 0.3 is 0 Å². The minimum absolute atomic E-state index is 0.00103. The Hall–Kier alpha value is -3.19. The molecule has 3 rings (SSSR count). The van der Waals surface area contributed by atoms with Crippen LogP contribution in [-0.4, -0.2) is 13.3 Å². The van der Waals surface area contributed by atoms with Crippen LogP contribution in [0.1, 0.15) is 11.1 Å². The third-order valence-corrected chi connectivity index (χ3v) is 5.71. The smallest absolute Gasteiger partial charge is 0.277 e. The maximum absolute atomic E-state index is 12.6. The Kier molecular flexibility index (Phi) is 4.96. The molecule has 6 nitrogen and oxygen atoms in total. The van der Waals surface area contributed by atoms with Gasteiger partial charge in [0.25, 0.3) is 15.7 Å². The number of hydrogen-bond donors (Lipinski definition) is 1. The minimum atomic E-state index is -3.72. The minimum Gasteiger partial charge on any atom is -0.280 e. The van der Waals surface area contributed by atoms with Crippen LogP contribution in [0.15, 0.2) is 71.6 Å². The average molecular weight is 382 g/mol. The van der Waals surface area contributed by atoms with E-state index in [-0.39, 0.29) is 10.6 Å². The quantitative estimate of drug-likeness (QED) is 0.512. The number of nitrogens with one attached hydrogen (secondary N) is 1. The predicted molar refractivity (Wildman–Crippen MR) is 105 cm³/mol. The van der Waals surface area contributed by atoms with Gasteiger partial charge in [0.2, 0.25) is 0 Å². The topological polar surface area (TPSA) is 89.3 Å². The number of anilines is 1. The molecule has 7 heteroatoms. The van der Waals surface area contributed by atoms with Gasteiger partial charge < -0.3 is 0 Å². The van der Waals surface area contributed by atoms with E-state index in [1.807, 2.05) is 13.0 Å². The molecule has 3 aromatic carbocycles. The predicted octanol–water partition coefficient (Wildman–Crippen LogP) is 4.68. The van der Waals surface area contributed by atoms with Crippen LogP contribution in [0.2, 0.25) is 0 Å². The van der Waals surface area contributed by atoms with Gasteiger partial charge in [0.05, 0.1) is 15.4 Å². The van der Waals surface area contributed by atoms with Crippen molar-refractivity contribution in [2.24, 2.45) is 0 Å². The molecule has 0 aliphatic rings. The van der Waals surface area contributed by atoms with Crippen molar-refractivity contribution >= 4 is 21.4 Å². The number of rotatable bonds is 5. The van der Waals surface area contributed by atoms with E-state index >= 15 is 0 Å². The summed E-state index contributed by atoms with van der Waals surface area (Å²) in [6, 6.07) is 18.1. The standard InChI is InChI=1S/C20H18N2O4S/c1-14-7-12-20(15(2)13-14)27(25,26)21-17-10-8-16(9-11-17)18-5-3-4-6-19(18)22(23)24/h3-13,21H,1-2H3. The van der Waals surface area contributed by atoms with E-state index < -0.39 is 14.9 Å². The van der Waals surface area contributed by atoms with Gasteiger partial charge in [0.15, 0.2) is 0 Å². The normalized spacial score (nSPS) is 11.2. The van der Waals surface area contributed by atoms with E-state index in [4.69, 9.17) is 0 Å². The SMILES string of the molecule is Cc1ccc(S(=O)(=O)Nc2ccc(-c3ccccc3[N+](=O)[O-])cc2)c(C)c1. The fraction of sp³-hybridized carbons (Fsp3) is 0.100. The van der Waals surface area contributed by atoms with Gasteiger partial charge in [0, 0.05) is 11.8 Å². The second-order valence-electron chi connectivity index (χ2n) is 6.23. The van der Waals surface area contributed by atoms with Gasteiger partial charge in [-0.05, 0) is 49.2 Å². The lowest BCUT2D eigenvalue weighted by atomic mass is 10.0. The zero-order chi connectivity index (χ0) is 19.6. The molecule has 0 aliphatic heterocycles. The number of hydrogen-bond acceptors (Lipinski definition) is 4. The fourth-order valence-electron chi connectivity index (χ4n) is 2.91. The molecular weight excluding hydrogens is 364 g/mol. The van der Waals surface area contributed by atoms with Crippen molar-refractivity contribution in [1.82, 2.24) is 0 Å². The molecule has 0 saturated heterocycles. The maximum Gasteiger partial charge on any atom is 0.277 e. The van der Waals surface area contributed by atoms with Crippen LogP contribution in [0, 0.1) is 24.0 Å². The highest BCUT2D eigenvalue weighted by molar-refractivity contribution is 7.92. The molecule has 0 aromatic heterocycles. The Morgan fingerprint density at radius 1 is 0.926 bits per heavy atom. The van der Waals surface area contributed by atoms with E-state index in [1.165, 1.54) is 6.07 Å². The highest BCUT2D eigenvalue weighted by Gasteiger charge is 2.18. The maximum atomic E-state index is 12.6. The van der Waals surface area contributed by atoms with Crippen LogP contribution >= 0.6 is 0 Å². The molecule has 3 aromatic rings. The number of para-hydroxylation sites is 1. The second-order valence-corrected chi connectivity index (χ2v) is 7.88. The van der Waals surface area contributed by atoms with Crippen LogP contribution in [0.25, 0.3) is 11.1 Å². The number of nitro benzene ring substituents is 1. The molecule has 0 fully saturated rings. The second kappa shape index (κ2) is 7.20. The lowest BCUT2D eigenvalue weighted by molar-refractivity contribution is -0.384. The van der Waals surface area contributed by atoms with Gasteiger partial charge in [-0.3, -0.25) is 14.8 Å². The summed E-state index contributed by atoms with van der Waals surface area (Å²) in [5, 5.41) is 11.2. The number of nitro groups is 1. The molecule has 0 radical (unpaired) electrons. The van der Waals surface area contributed by atoms with Crippen molar-refractivity contribution in [2.75, 3.05) is 4.72 Å². The molecule has 0 unspecified atom stereocenters. The van der Waals surface area contributed by atoms with E-state index in [1.54, 1.807) is 61.5 Å². The van der Waals surface area contributed by atoms with Crippen molar-refractivity contribution < 1.29 is 13.3 Å². The average Bonchev–Trinajstić information content (AvgIpc) is 2.61. The molecule has 0 amide bonds. The Bertz CT molecular complexity index is 1110. The Balaban J connectivity index is 1.89. The van der Waals surface area contributed by atoms with Crippen molar-refractivity contribution in [3.05, 3.63) is 88.0 Å². The largest absolute Gasteiger partial charge is 0.280 e. The lowest BCUT2D eigenvalue weighted by Gasteiger charge is -2.11. The number of sulfonamides is 1. The van der Waals surface area contributed by atoms with Crippen molar-refractivity contribution in [3.8, 4) is 11.1 Å².